The van der Waals surface area contributed by atoms with Gasteiger partial charge in [-0.05, 0) is 37.8 Å². The molecule has 88 valence electrons. The van der Waals surface area contributed by atoms with Crippen molar-refractivity contribution in [3.8, 4) is 0 Å². The summed E-state index contributed by atoms with van der Waals surface area (Å²) in [6, 6.07) is 3.86. The van der Waals surface area contributed by atoms with E-state index in [1.807, 2.05) is 13.0 Å². The lowest BCUT2D eigenvalue weighted by Crippen LogP contribution is -2.40. The van der Waals surface area contributed by atoms with E-state index >= 15 is 0 Å². The lowest BCUT2D eigenvalue weighted by Gasteiger charge is -2.29. The van der Waals surface area contributed by atoms with Gasteiger partial charge in [-0.15, -0.1) is 0 Å². The monoisotopic (exact) mass is 221 g/mol. The van der Waals surface area contributed by atoms with Crippen LogP contribution in [0.4, 0.5) is 0 Å². The van der Waals surface area contributed by atoms with E-state index in [-0.39, 0.29) is 5.91 Å². The van der Waals surface area contributed by atoms with Crippen molar-refractivity contribution in [2.24, 2.45) is 5.92 Å². The summed E-state index contributed by atoms with van der Waals surface area (Å²) in [6.45, 7) is 4.05. The average molecular weight is 221 g/mol. The van der Waals surface area contributed by atoms with E-state index in [2.05, 4.69) is 12.2 Å². The first-order chi connectivity index (χ1) is 7.66. The zero-order valence-electron chi connectivity index (χ0n) is 9.95. The number of carbonyl (C=O) groups is 1. The van der Waals surface area contributed by atoms with Crippen molar-refractivity contribution in [1.29, 1.82) is 0 Å². The van der Waals surface area contributed by atoms with Crippen molar-refractivity contribution in [2.45, 2.75) is 45.6 Å². The molecule has 2 rings (SSSR count). The Hall–Kier alpha value is -1.25. The van der Waals surface area contributed by atoms with Gasteiger partial charge in [-0.3, -0.25) is 4.79 Å². The summed E-state index contributed by atoms with van der Waals surface area (Å²) >= 11 is 0. The molecule has 3 nitrogen and oxygen atoms in total. The van der Waals surface area contributed by atoms with Crippen LogP contribution < -0.4 is 5.32 Å². The Balaban J connectivity index is 1.96. The lowest BCUT2D eigenvalue weighted by atomic mass is 9.86. The van der Waals surface area contributed by atoms with Crippen LogP contribution in [0.1, 0.15) is 48.9 Å². The Kier molecular flexibility index (Phi) is 3.32. The number of rotatable bonds is 2. The molecular formula is C13H19NO2. The van der Waals surface area contributed by atoms with Crippen molar-refractivity contribution in [3.05, 3.63) is 23.7 Å². The highest BCUT2D eigenvalue weighted by molar-refractivity contribution is 5.91. The zero-order chi connectivity index (χ0) is 11.5. The van der Waals surface area contributed by atoms with Gasteiger partial charge in [0, 0.05) is 6.04 Å². The van der Waals surface area contributed by atoms with Gasteiger partial charge >= 0.3 is 0 Å². The Morgan fingerprint density at radius 1 is 1.38 bits per heavy atom. The molecular weight excluding hydrogens is 202 g/mol. The average Bonchev–Trinajstić information content (AvgIpc) is 2.68. The molecule has 0 bridgehead atoms. The highest BCUT2D eigenvalue weighted by Crippen LogP contribution is 2.24. The van der Waals surface area contributed by atoms with Crippen LogP contribution in [0.5, 0.6) is 0 Å². The smallest absolute Gasteiger partial charge is 0.287 e. The number of furan rings is 1. The van der Waals surface area contributed by atoms with E-state index in [1.54, 1.807) is 6.07 Å². The van der Waals surface area contributed by atoms with Gasteiger partial charge in [-0.1, -0.05) is 19.8 Å². The standard InChI is InChI=1S/C13H19NO2/c1-9-5-3-4-6-11(9)14-13(15)12-8-7-10(2)16-12/h7-9,11H,3-6H2,1-2H3,(H,14,15)/t9-,11-/m1/s1. The molecule has 1 aliphatic rings. The Labute approximate surface area is 96.2 Å². The summed E-state index contributed by atoms with van der Waals surface area (Å²) in [4.78, 5) is 11.9. The SMILES string of the molecule is Cc1ccc(C(=O)N[C@@H]2CCCC[C@H]2C)o1. The Bertz CT molecular complexity index is 370. The summed E-state index contributed by atoms with van der Waals surface area (Å²) < 4.78 is 5.31. The van der Waals surface area contributed by atoms with Gasteiger partial charge in [0.15, 0.2) is 5.76 Å². The Morgan fingerprint density at radius 3 is 2.75 bits per heavy atom. The minimum atomic E-state index is -0.0770. The topological polar surface area (TPSA) is 42.2 Å². The summed E-state index contributed by atoms with van der Waals surface area (Å²) in [7, 11) is 0. The molecule has 2 atom stereocenters. The molecule has 1 aromatic heterocycles. The van der Waals surface area contributed by atoms with Crippen LogP contribution in [0.3, 0.4) is 0 Å². The third-order valence-electron chi connectivity index (χ3n) is 3.39. The van der Waals surface area contributed by atoms with E-state index in [0.717, 1.165) is 12.2 Å². The molecule has 1 aliphatic carbocycles. The number of amides is 1. The molecule has 0 unspecified atom stereocenters. The van der Waals surface area contributed by atoms with E-state index in [0.29, 0.717) is 17.7 Å². The van der Waals surface area contributed by atoms with Crippen molar-refractivity contribution in [1.82, 2.24) is 5.32 Å². The fourth-order valence-electron chi connectivity index (χ4n) is 2.33. The molecule has 1 fully saturated rings. The first kappa shape index (κ1) is 11.2. The van der Waals surface area contributed by atoms with Gasteiger partial charge < -0.3 is 9.73 Å². The summed E-state index contributed by atoms with van der Waals surface area (Å²) in [5.41, 5.74) is 0. The van der Waals surface area contributed by atoms with Crippen LogP contribution in [-0.2, 0) is 0 Å². The molecule has 0 saturated heterocycles. The van der Waals surface area contributed by atoms with Crippen molar-refractivity contribution < 1.29 is 9.21 Å². The molecule has 16 heavy (non-hydrogen) atoms. The summed E-state index contributed by atoms with van der Waals surface area (Å²) in [5, 5.41) is 3.07. The molecule has 0 radical (unpaired) electrons. The minimum Gasteiger partial charge on any atom is -0.456 e. The van der Waals surface area contributed by atoms with Crippen molar-refractivity contribution in [2.75, 3.05) is 0 Å². The van der Waals surface area contributed by atoms with Crippen LogP contribution >= 0.6 is 0 Å². The van der Waals surface area contributed by atoms with Crippen LogP contribution in [0, 0.1) is 12.8 Å². The maximum absolute atomic E-state index is 11.9. The zero-order valence-corrected chi connectivity index (χ0v) is 9.95. The minimum absolute atomic E-state index is 0.0770. The molecule has 0 spiro atoms. The summed E-state index contributed by atoms with van der Waals surface area (Å²) in [5.74, 6) is 1.71. The van der Waals surface area contributed by atoms with Gasteiger partial charge in [0.25, 0.3) is 5.91 Å². The van der Waals surface area contributed by atoms with Crippen LogP contribution in [-0.4, -0.2) is 11.9 Å². The van der Waals surface area contributed by atoms with E-state index in [4.69, 9.17) is 4.42 Å². The highest BCUT2D eigenvalue weighted by atomic mass is 16.3. The number of hydrogen-bond donors (Lipinski definition) is 1. The highest BCUT2D eigenvalue weighted by Gasteiger charge is 2.24. The number of carbonyl (C=O) groups excluding carboxylic acids is 1. The van der Waals surface area contributed by atoms with Gasteiger partial charge in [0.05, 0.1) is 0 Å². The van der Waals surface area contributed by atoms with Crippen LogP contribution in [0.15, 0.2) is 16.5 Å². The number of hydrogen-bond acceptors (Lipinski definition) is 2. The van der Waals surface area contributed by atoms with Gasteiger partial charge in [0.2, 0.25) is 0 Å². The van der Waals surface area contributed by atoms with Gasteiger partial charge in [0.1, 0.15) is 5.76 Å². The molecule has 1 amide bonds. The van der Waals surface area contributed by atoms with Crippen molar-refractivity contribution in [3.63, 3.8) is 0 Å². The summed E-state index contributed by atoms with van der Waals surface area (Å²) in [6.07, 6.45) is 4.80. The second kappa shape index (κ2) is 4.73. The third-order valence-corrected chi connectivity index (χ3v) is 3.39. The fraction of sp³-hybridized carbons (Fsp3) is 0.615. The van der Waals surface area contributed by atoms with E-state index in [9.17, 15) is 4.79 Å². The maximum Gasteiger partial charge on any atom is 0.287 e. The van der Waals surface area contributed by atoms with E-state index in [1.165, 1.54) is 19.3 Å². The predicted octanol–water partition coefficient (Wildman–Crippen LogP) is 2.90. The second-order valence-electron chi connectivity index (χ2n) is 4.75. The third kappa shape index (κ3) is 2.46. The lowest BCUT2D eigenvalue weighted by molar-refractivity contribution is 0.0880. The van der Waals surface area contributed by atoms with Crippen LogP contribution in [0.25, 0.3) is 0 Å². The van der Waals surface area contributed by atoms with Gasteiger partial charge in [-0.25, -0.2) is 0 Å². The van der Waals surface area contributed by atoms with Crippen LogP contribution in [0.2, 0.25) is 0 Å². The molecule has 0 aliphatic heterocycles. The Morgan fingerprint density at radius 2 is 2.12 bits per heavy atom. The molecule has 3 heteroatoms. The number of aryl methyl sites for hydroxylation is 1. The molecule has 0 aromatic carbocycles. The second-order valence-corrected chi connectivity index (χ2v) is 4.75. The quantitative estimate of drug-likeness (QED) is 0.834. The predicted molar refractivity (Wildman–Crippen MR) is 62.3 cm³/mol. The first-order valence-electron chi connectivity index (χ1n) is 6.04. The largest absolute Gasteiger partial charge is 0.456 e. The van der Waals surface area contributed by atoms with E-state index < -0.39 is 0 Å². The fourth-order valence-corrected chi connectivity index (χ4v) is 2.33. The number of nitrogens with one attached hydrogen (secondary N) is 1. The molecule has 1 saturated carbocycles. The normalized spacial score (nSPS) is 25.4. The first-order valence-corrected chi connectivity index (χ1v) is 6.04. The maximum atomic E-state index is 11.9. The molecule has 1 heterocycles. The van der Waals surface area contributed by atoms with Crippen molar-refractivity contribution >= 4 is 5.91 Å². The molecule has 1 N–H and O–H groups in total. The van der Waals surface area contributed by atoms with Gasteiger partial charge in [-0.2, -0.15) is 0 Å². The molecule has 1 aromatic rings.